The number of anilines is 1. The van der Waals surface area contributed by atoms with Gasteiger partial charge in [-0.1, -0.05) is 12.1 Å². The van der Waals surface area contributed by atoms with E-state index in [1.807, 2.05) is 0 Å². The summed E-state index contributed by atoms with van der Waals surface area (Å²) in [4.78, 5) is 12.5. The van der Waals surface area contributed by atoms with Crippen LogP contribution in [0.15, 0.2) is 48.5 Å². The summed E-state index contributed by atoms with van der Waals surface area (Å²) < 4.78 is 36.4. The highest BCUT2D eigenvalue weighted by atomic mass is 19.1. The average molecular weight is 307 g/mol. The molecule has 22 heavy (non-hydrogen) atoms. The van der Waals surface area contributed by atoms with Gasteiger partial charge < -0.3 is 14.8 Å². The number of rotatable bonds is 5. The minimum absolute atomic E-state index is 0.332. The Bertz CT molecular complexity index is 637. The third-order valence-electron chi connectivity index (χ3n) is 3.20. The molecule has 0 fully saturated rings. The predicted molar refractivity (Wildman–Crippen MR) is 77.1 cm³/mol. The minimum Gasteiger partial charge on any atom is -0.342 e. The quantitative estimate of drug-likeness (QED) is 0.864. The number of methoxy groups -OCH3 is 2. The Morgan fingerprint density at radius 2 is 1.36 bits per heavy atom. The van der Waals surface area contributed by atoms with Crippen molar-refractivity contribution in [2.24, 2.45) is 0 Å². The highest BCUT2D eigenvalue weighted by Crippen LogP contribution is 2.28. The maximum atomic E-state index is 13.1. The second-order valence-electron chi connectivity index (χ2n) is 4.49. The molecule has 0 saturated carbocycles. The Balaban J connectivity index is 2.31. The zero-order valence-corrected chi connectivity index (χ0v) is 12.1. The topological polar surface area (TPSA) is 47.6 Å². The van der Waals surface area contributed by atoms with Gasteiger partial charge in [0.25, 0.3) is 11.7 Å². The lowest BCUT2D eigenvalue weighted by atomic mass is 10.0. The molecule has 2 aromatic carbocycles. The molecule has 0 saturated heterocycles. The van der Waals surface area contributed by atoms with E-state index < -0.39 is 23.3 Å². The number of halogens is 2. The van der Waals surface area contributed by atoms with Crippen molar-refractivity contribution in [3.63, 3.8) is 0 Å². The van der Waals surface area contributed by atoms with Gasteiger partial charge in [-0.25, -0.2) is 8.78 Å². The standard InChI is InChI=1S/C16H15F2NO3/c1-21-16(22-2,11-3-5-12(17)6-4-11)15(20)19-14-9-7-13(18)8-10-14/h3-10H,1-2H3,(H,19,20). The van der Waals surface area contributed by atoms with E-state index >= 15 is 0 Å². The zero-order valence-electron chi connectivity index (χ0n) is 12.1. The number of nitrogens with one attached hydrogen (secondary N) is 1. The summed E-state index contributed by atoms with van der Waals surface area (Å²) in [5.74, 6) is -3.21. The number of carbonyl (C=O) groups is 1. The van der Waals surface area contributed by atoms with E-state index in [0.717, 1.165) is 0 Å². The van der Waals surface area contributed by atoms with Crippen molar-refractivity contribution in [2.75, 3.05) is 19.5 Å². The molecule has 0 aliphatic carbocycles. The van der Waals surface area contributed by atoms with Crippen molar-refractivity contribution in [2.45, 2.75) is 5.79 Å². The monoisotopic (exact) mass is 307 g/mol. The van der Waals surface area contributed by atoms with Crippen molar-refractivity contribution in [3.05, 3.63) is 65.7 Å². The highest BCUT2D eigenvalue weighted by molar-refractivity contribution is 5.97. The fourth-order valence-electron chi connectivity index (χ4n) is 2.05. The van der Waals surface area contributed by atoms with Crippen LogP contribution in [0.5, 0.6) is 0 Å². The van der Waals surface area contributed by atoms with Crippen LogP contribution in [0.4, 0.5) is 14.5 Å². The van der Waals surface area contributed by atoms with Crippen molar-refractivity contribution < 1.29 is 23.0 Å². The van der Waals surface area contributed by atoms with Gasteiger partial charge in [-0.3, -0.25) is 4.79 Å². The average Bonchev–Trinajstić information content (AvgIpc) is 2.53. The molecule has 0 aliphatic heterocycles. The molecule has 0 unspecified atom stereocenters. The van der Waals surface area contributed by atoms with Crippen LogP contribution in [0.3, 0.4) is 0 Å². The van der Waals surface area contributed by atoms with Gasteiger partial charge in [0.15, 0.2) is 0 Å². The summed E-state index contributed by atoms with van der Waals surface area (Å²) in [6.07, 6.45) is 0. The first kappa shape index (κ1) is 16.1. The molecule has 0 atom stereocenters. The van der Waals surface area contributed by atoms with Gasteiger partial charge in [0.05, 0.1) is 0 Å². The molecule has 1 amide bonds. The Morgan fingerprint density at radius 1 is 0.909 bits per heavy atom. The van der Waals surface area contributed by atoms with E-state index in [1.165, 1.54) is 62.8 Å². The lowest BCUT2D eigenvalue weighted by Gasteiger charge is -2.29. The molecule has 4 nitrogen and oxygen atoms in total. The Morgan fingerprint density at radius 3 is 1.82 bits per heavy atom. The zero-order chi connectivity index (χ0) is 16.2. The number of carbonyl (C=O) groups excluding carboxylic acids is 1. The van der Waals surface area contributed by atoms with Crippen molar-refractivity contribution >= 4 is 11.6 Å². The molecule has 116 valence electrons. The fraction of sp³-hybridized carbons (Fsp3) is 0.188. The van der Waals surface area contributed by atoms with Crippen LogP contribution in [0, 0.1) is 11.6 Å². The first-order chi connectivity index (χ1) is 10.5. The number of ether oxygens (including phenoxy) is 2. The van der Waals surface area contributed by atoms with Gasteiger partial charge in [-0.05, 0) is 36.4 Å². The van der Waals surface area contributed by atoms with Gasteiger partial charge in [0.1, 0.15) is 11.6 Å². The molecule has 0 heterocycles. The van der Waals surface area contributed by atoms with Crippen LogP contribution in [0.2, 0.25) is 0 Å². The van der Waals surface area contributed by atoms with Crippen LogP contribution in [-0.2, 0) is 20.1 Å². The number of hydrogen-bond acceptors (Lipinski definition) is 3. The SMILES string of the molecule is COC(OC)(C(=O)Nc1ccc(F)cc1)c1ccc(F)cc1. The molecule has 2 rings (SSSR count). The molecule has 0 aliphatic rings. The Hall–Kier alpha value is -2.31. The molecule has 0 bridgehead atoms. The van der Waals surface area contributed by atoms with Crippen LogP contribution in [0.1, 0.15) is 5.56 Å². The molecule has 1 N–H and O–H groups in total. The largest absolute Gasteiger partial charge is 0.342 e. The Labute approximate surface area is 126 Å². The summed E-state index contributed by atoms with van der Waals surface area (Å²) in [5.41, 5.74) is 0.713. The number of amides is 1. The van der Waals surface area contributed by atoms with Crippen LogP contribution < -0.4 is 5.32 Å². The van der Waals surface area contributed by atoms with E-state index in [4.69, 9.17) is 9.47 Å². The molecule has 0 radical (unpaired) electrons. The third kappa shape index (κ3) is 3.13. The third-order valence-corrected chi connectivity index (χ3v) is 3.20. The molecule has 0 aromatic heterocycles. The summed E-state index contributed by atoms with van der Waals surface area (Å²) in [7, 11) is 2.61. The summed E-state index contributed by atoms with van der Waals surface area (Å²) in [6.45, 7) is 0. The summed E-state index contributed by atoms with van der Waals surface area (Å²) >= 11 is 0. The van der Waals surface area contributed by atoms with Crippen LogP contribution in [-0.4, -0.2) is 20.1 Å². The van der Waals surface area contributed by atoms with Gasteiger partial charge in [-0.2, -0.15) is 0 Å². The highest BCUT2D eigenvalue weighted by Gasteiger charge is 2.41. The molecular formula is C16H15F2NO3. The maximum Gasteiger partial charge on any atom is 0.289 e. The van der Waals surface area contributed by atoms with Crippen molar-refractivity contribution in [3.8, 4) is 0 Å². The van der Waals surface area contributed by atoms with Gasteiger partial charge in [0, 0.05) is 25.5 Å². The number of hydrogen-bond donors (Lipinski definition) is 1. The fourth-order valence-corrected chi connectivity index (χ4v) is 2.05. The van der Waals surface area contributed by atoms with Gasteiger partial charge in [0.2, 0.25) is 0 Å². The first-order valence-corrected chi connectivity index (χ1v) is 6.45. The maximum absolute atomic E-state index is 13.1. The minimum atomic E-state index is -1.73. The first-order valence-electron chi connectivity index (χ1n) is 6.45. The van der Waals surface area contributed by atoms with Gasteiger partial charge in [-0.15, -0.1) is 0 Å². The van der Waals surface area contributed by atoms with Crippen molar-refractivity contribution in [1.82, 2.24) is 0 Å². The van der Waals surface area contributed by atoms with E-state index in [0.29, 0.717) is 11.3 Å². The van der Waals surface area contributed by atoms with Crippen molar-refractivity contribution in [1.29, 1.82) is 0 Å². The molecule has 0 spiro atoms. The predicted octanol–water partition coefficient (Wildman–Crippen LogP) is 3.05. The normalized spacial score (nSPS) is 11.3. The molecular weight excluding hydrogens is 292 g/mol. The van der Waals surface area contributed by atoms with Gasteiger partial charge >= 0.3 is 0 Å². The lowest BCUT2D eigenvalue weighted by molar-refractivity contribution is -0.210. The van der Waals surface area contributed by atoms with Crippen LogP contribution in [0.25, 0.3) is 0 Å². The van der Waals surface area contributed by atoms with Crippen LogP contribution >= 0.6 is 0 Å². The second kappa shape index (κ2) is 6.64. The summed E-state index contributed by atoms with van der Waals surface area (Å²) in [6, 6.07) is 10.4. The van der Waals surface area contributed by atoms with E-state index in [2.05, 4.69) is 5.32 Å². The number of benzene rings is 2. The van der Waals surface area contributed by atoms with E-state index in [9.17, 15) is 13.6 Å². The van der Waals surface area contributed by atoms with E-state index in [1.54, 1.807) is 0 Å². The summed E-state index contributed by atoms with van der Waals surface area (Å²) in [5, 5.41) is 2.58. The lowest BCUT2D eigenvalue weighted by Crippen LogP contribution is -2.43. The Kier molecular flexibility index (Phi) is 4.85. The smallest absolute Gasteiger partial charge is 0.289 e. The second-order valence-corrected chi connectivity index (χ2v) is 4.49. The molecule has 2 aromatic rings. The molecule has 6 heteroatoms. The van der Waals surface area contributed by atoms with E-state index in [-0.39, 0.29) is 0 Å².